The van der Waals surface area contributed by atoms with E-state index in [0.717, 1.165) is 27.7 Å². The Morgan fingerprint density at radius 1 is 0.600 bits per heavy atom. The maximum atomic E-state index is 12.0. The van der Waals surface area contributed by atoms with E-state index in [2.05, 4.69) is 98.6 Å². The number of halogens is 1. The number of methoxy groups -OCH3 is 4. The normalized spacial score (nSPS) is 14.0. The molecule has 0 aliphatic carbocycles. The van der Waals surface area contributed by atoms with Crippen molar-refractivity contribution in [2.24, 2.45) is 0 Å². The zero-order valence-electron chi connectivity index (χ0n) is 31.1. The zero-order valence-corrected chi connectivity index (χ0v) is 32.7. The van der Waals surface area contributed by atoms with Gasteiger partial charge in [0.1, 0.15) is 11.5 Å². The molecule has 266 valence electrons. The number of rotatable bonds is 6. The lowest BCUT2D eigenvalue weighted by Crippen LogP contribution is -2.41. The van der Waals surface area contributed by atoms with Gasteiger partial charge >= 0.3 is 19.1 Å². The Hall–Kier alpha value is -4.12. The molecule has 1 fully saturated rings. The van der Waals surface area contributed by atoms with E-state index in [0.29, 0.717) is 27.1 Å². The van der Waals surface area contributed by atoms with Gasteiger partial charge in [0.15, 0.2) is 0 Å². The van der Waals surface area contributed by atoms with E-state index < -0.39 is 0 Å². The lowest BCUT2D eigenvalue weighted by molar-refractivity contribution is 0.00578. The van der Waals surface area contributed by atoms with Crippen molar-refractivity contribution in [3.8, 4) is 22.6 Å². The topological polar surface area (TPSA) is 89.5 Å². The van der Waals surface area contributed by atoms with Gasteiger partial charge in [0.05, 0.1) is 50.8 Å². The summed E-state index contributed by atoms with van der Waals surface area (Å²) in [6.07, 6.45) is 0. The molecule has 0 atom stereocenters. The Balaban J connectivity index is 0.000000208. The molecule has 0 amide bonds. The number of carbonyl (C=O) groups excluding carboxylic acids is 2. The molecule has 0 aromatic heterocycles. The second-order valence-corrected chi connectivity index (χ2v) is 13.9. The molecule has 0 unspecified atom stereocenters. The molecule has 50 heavy (non-hydrogen) atoms. The van der Waals surface area contributed by atoms with Crippen LogP contribution in [0, 0.1) is 27.7 Å². The minimum Gasteiger partial charge on any atom is -0.497 e. The van der Waals surface area contributed by atoms with Crippen molar-refractivity contribution in [2.45, 2.75) is 66.6 Å². The monoisotopic (exact) mass is 746 g/mol. The highest BCUT2D eigenvalue weighted by Crippen LogP contribution is 2.37. The maximum Gasteiger partial charge on any atom is 0.495 e. The summed E-state index contributed by atoms with van der Waals surface area (Å²) < 4.78 is 32.5. The highest BCUT2D eigenvalue weighted by Gasteiger charge is 2.52. The fourth-order valence-corrected chi connectivity index (χ4v) is 5.48. The van der Waals surface area contributed by atoms with E-state index in [-0.39, 0.29) is 30.3 Å². The predicted molar refractivity (Wildman–Crippen MR) is 203 cm³/mol. The number of ether oxygens (including phenoxy) is 4. The molecule has 1 aliphatic rings. The Kier molecular flexibility index (Phi) is 13.9. The third kappa shape index (κ3) is 9.77. The van der Waals surface area contributed by atoms with E-state index in [9.17, 15) is 9.59 Å². The second kappa shape index (κ2) is 17.2. The first-order chi connectivity index (χ1) is 23.5. The van der Waals surface area contributed by atoms with Gasteiger partial charge in [-0.05, 0) is 130 Å². The van der Waals surface area contributed by atoms with E-state index >= 15 is 0 Å². The van der Waals surface area contributed by atoms with Crippen LogP contribution in [0.1, 0.15) is 70.7 Å². The predicted octanol–water partition coefficient (Wildman–Crippen LogP) is 8.61. The molecule has 4 aromatic carbocycles. The smallest absolute Gasteiger partial charge is 0.495 e. The van der Waals surface area contributed by atoms with Gasteiger partial charge in [-0.1, -0.05) is 53.1 Å². The van der Waals surface area contributed by atoms with Gasteiger partial charge in [-0.25, -0.2) is 9.59 Å². The van der Waals surface area contributed by atoms with Crippen LogP contribution in [0.25, 0.3) is 11.1 Å². The van der Waals surface area contributed by atoms with Crippen molar-refractivity contribution in [3.63, 3.8) is 0 Å². The van der Waals surface area contributed by atoms with E-state index in [4.69, 9.17) is 23.5 Å². The van der Waals surface area contributed by atoms with E-state index in [1.807, 2.05) is 26.0 Å². The zero-order chi connectivity index (χ0) is 37.4. The first-order valence-corrected chi connectivity index (χ1v) is 17.0. The summed E-state index contributed by atoms with van der Waals surface area (Å²) in [5, 5.41) is 0. The molecule has 5 rings (SSSR count). The third-order valence-electron chi connectivity index (χ3n) is 8.84. The molecule has 0 radical (unpaired) electrons. The highest BCUT2D eigenvalue weighted by atomic mass is 79.9. The third-order valence-corrected chi connectivity index (χ3v) is 9.53. The van der Waals surface area contributed by atoms with Crippen LogP contribution in [-0.4, -0.2) is 58.7 Å². The summed E-state index contributed by atoms with van der Waals surface area (Å²) in [4.78, 5) is 23.2. The number of benzene rings is 4. The number of hydrogen-bond acceptors (Lipinski definition) is 8. The lowest BCUT2D eigenvalue weighted by Gasteiger charge is -2.32. The van der Waals surface area contributed by atoms with Crippen molar-refractivity contribution < 1.29 is 37.8 Å². The van der Waals surface area contributed by atoms with Gasteiger partial charge in [0.2, 0.25) is 0 Å². The first-order valence-electron chi connectivity index (χ1n) is 16.2. The van der Waals surface area contributed by atoms with Gasteiger partial charge in [0.25, 0.3) is 0 Å². The fraction of sp³-hybridized carbons (Fsp3) is 0.350. The molecule has 1 saturated heterocycles. The summed E-state index contributed by atoms with van der Waals surface area (Å²) in [6.45, 7) is 16.6. The number of aryl methyl sites for hydroxylation is 4. The first kappa shape index (κ1) is 40.3. The molecule has 0 saturated carbocycles. The Labute approximate surface area is 305 Å². The molecule has 0 N–H and O–H groups in total. The summed E-state index contributed by atoms with van der Waals surface area (Å²) in [5.41, 5.74) is 8.19. The number of esters is 2. The van der Waals surface area contributed by atoms with Gasteiger partial charge in [-0.15, -0.1) is 0 Å². The largest absolute Gasteiger partial charge is 0.497 e. The van der Waals surface area contributed by atoms with Gasteiger partial charge in [-0.2, -0.15) is 0 Å². The Morgan fingerprint density at radius 2 is 1.08 bits per heavy atom. The number of carbonyl (C=O) groups is 2. The van der Waals surface area contributed by atoms with Crippen LogP contribution in [0.4, 0.5) is 0 Å². The standard InChI is InChI=1S/C17H18O3.C14H21BO2.C9H9BrO3/c1-11-5-6-12(2)15(9-11)14-8-7-13(19-3)10-16(14)17(18)20-4;1-10-7-8-11(2)12(9-10)15-16-13(3,4)14(5,6)17-15;1-12-6-3-4-8(10)7(5-6)9(11)13-2/h5-10H,1-4H3;7-9H,1-6H3;3-5H,1-2H3. The second-order valence-electron chi connectivity index (χ2n) is 13.0. The minimum atomic E-state index is -0.384. The Bertz CT molecular complexity index is 1800. The summed E-state index contributed by atoms with van der Waals surface area (Å²) in [7, 11) is 5.60. The summed E-state index contributed by atoms with van der Waals surface area (Å²) in [6, 6.07) is 23.1. The van der Waals surface area contributed by atoms with Crippen molar-refractivity contribution in [3.05, 3.63) is 111 Å². The summed E-state index contributed by atoms with van der Waals surface area (Å²) >= 11 is 3.24. The molecular weight excluding hydrogens is 699 g/mol. The lowest BCUT2D eigenvalue weighted by atomic mass is 9.75. The minimum absolute atomic E-state index is 0.250. The molecule has 4 aromatic rings. The van der Waals surface area contributed by atoms with Crippen LogP contribution in [0.5, 0.6) is 11.5 Å². The maximum absolute atomic E-state index is 12.0. The van der Waals surface area contributed by atoms with Crippen LogP contribution in [0.3, 0.4) is 0 Å². The molecule has 0 spiro atoms. The van der Waals surface area contributed by atoms with Crippen LogP contribution in [0.2, 0.25) is 0 Å². The van der Waals surface area contributed by atoms with Crippen molar-refractivity contribution in [1.82, 2.24) is 0 Å². The van der Waals surface area contributed by atoms with Gasteiger partial charge < -0.3 is 28.3 Å². The average Bonchev–Trinajstić information content (AvgIpc) is 3.32. The van der Waals surface area contributed by atoms with Crippen molar-refractivity contribution in [2.75, 3.05) is 28.4 Å². The van der Waals surface area contributed by atoms with Gasteiger partial charge in [0, 0.05) is 4.47 Å². The SMILES string of the molecule is COC(=O)c1cc(OC)ccc1-c1cc(C)ccc1C.COC(=O)c1cc(OC)ccc1Br.Cc1ccc(C)c(B2OC(C)(C)C(C)(C)O2)c1. The summed E-state index contributed by atoms with van der Waals surface area (Å²) in [5.74, 6) is 0.522. The molecule has 1 aliphatic heterocycles. The molecule has 10 heteroatoms. The number of hydrogen-bond donors (Lipinski definition) is 0. The fourth-order valence-electron chi connectivity index (χ4n) is 5.07. The van der Waals surface area contributed by atoms with Crippen LogP contribution >= 0.6 is 15.9 Å². The van der Waals surface area contributed by atoms with Gasteiger partial charge in [-0.3, -0.25) is 0 Å². The molecular formula is C40H48BBrO8. The van der Waals surface area contributed by atoms with Crippen molar-refractivity contribution in [1.29, 1.82) is 0 Å². The molecule has 1 heterocycles. The van der Waals surface area contributed by atoms with Crippen LogP contribution in [-0.2, 0) is 18.8 Å². The van der Waals surface area contributed by atoms with E-state index in [1.54, 1.807) is 38.5 Å². The molecule has 8 nitrogen and oxygen atoms in total. The average molecular weight is 748 g/mol. The highest BCUT2D eigenvalue weighted by molar-refractivity contribution is 9.10. The van der Waals surface area contributed by atoms with Crippen LogP contribution in [0.15, 0.2) is 77.3 Å². The Morgan fingerprint density at radius 3 is 1.62 bits per heavy atom. The van der Waals surface area contributed by atoms with Crippen LogP contribution < -0.4 is 14.9 Å². The van der Waals surface area contributed by atoms with E-state index in [1.165, 1.54) is 25.3 Å². The molecule has 0 bridgehead atoms. The van der Waals surface area contributed by atoms with Crippen molar-refractivity contribution >= 4 is 40.4 Å². The quantitative estimate of drug-likeness (QED) is 0.143.